The molecule has 0 atom stereocenters. The number of likely N-dealkylation sites (N-methyl/N-ethyl adjacent to an activating group) is 1. The molecular formula is C10H16N4O. The highest BCUT2D eigenvalue weighted by Crippen LogP contribution is 1.93. The van der Waals surface area contributed by atoms with Crippen LogP contribution in [-0.2, 0) is 0 Å². The fraction of sp³-hybridized carbons (Fsp3) is 0.500. The van der Waals surface area contributed by atoms with Crippen LogP contribution in [0.15, 0.2) is 12.4 Å². The SMILES string of the molecule is CCNCCNC(=O)c1cnc(C)cn1. The van der Waals surface area contributed by atoms with Gasteiger partial charge in [-0.25, -0.2) is 4.98 Å². The van der Waals surface area contributed by atoms with Gasteiger partial charge in [0.2, 0.25) is 0 Å². The second-order valence-corrected chi connectivity index (χ2v) is 3.15. The maximum absolute atomic E-state index is 11.5. The van der Waals surface area contributed by atoms with Crippen LogP contribution >= 0.6 is 0 Å². The molecule has 1 heterocycles. The second-order valence-electron chi connectivity index (χ2n) is 3.15. The van der Waals surface area contributed by atoms with E-state index in [-0.39, 0.29) is 5.91 Å². The van der Waals surface area contributed by atoms with E-state index in [4.69, 9.17) is 0 Å². The van der Waals surface area contributed by atoms with Crippen molar-refractivity contribution in [2.75, 3.05) is 19.6 Å². The summed E-state index contributed by atoms with van der Waals surface area (Å²) in [5.41, 5.74) is 1.16. The van der Waals surface area contributed by atoms with Gasteiger partial charge >= 0.3 is 0 Å². The van der Waals surface area contributed by atoms with Crippen molar-refractivity contribution in [1.82, 2.24) is 20.6 Å². The van der Waals surface area contributed by atoms with Crippen LogP contribution < -0.4 is 10.6 Å². The van der Waals surface area contributed by atoms with Gasteiger partial charge in [-0.15, -0.1) is 0 Å². The summed E-state index contributed by atoms with van der Waals surface area (Å²) < 4.78 is 0. The zero-order valence-electron chi connectivity index (χ0n) is 9.08. The number of rotatable bonds is 5. The van der Waals surface area contributed by atoms with Crippen molar-refractivity contribution < 1.29 is 4.79 Å². The predicted octanol–water partition coefficient (Wildman–Crippen LogP) is 0.124. The highest BCUT2D eigenvalue weighted by Gasteiger charge is 2.05. The van der Waals surface area contributed by atoms with E-state index in [1.165, 1.54) is 6.20 Å². The maximum atomic E-state index is 11.5. The van der Waals surface area contributed by atoms with Crippen LogP contribution in [0.5, 0.6) is 0 Å². The third-order valence-electron chi connectivity index (χ3n) is 1.85. The molecule has 0 aliphatic rings. The lowest BCUT2D eigenvalue weighted by atomic mass is 10.4. The Labute approximate surface area is 89.3 Å². The Bertz CT molecular complexity index is 310. The van der Waals surface area contributed by atoms with E-state index in [2.05, 4.69) is 20.6 Å². The molecule has 5 nitrogen and oxygen atoms in total. The van der Waals surface area contributed by atoms with Crippen molar-refractivity contribution in [1.29, 1.82) is 0 Å². The van der Waals surface area contributed by atoms with E-state index in [1.807, 2.05) is 13.8 Å². The molecule has 1 aromatic heterocycles. The monoisotopic (exact) mass is 208 g/mol. The molecule has 0 aliphatic carbocycles. The summed E-state index contributed by atoms with van der Waals surface area (Å²) in [6, 6.07) is 0. The van der Waals surface area contributed by atoms with E-state index >= 15 is 0 Å². The minimum absolute atomic E-state index is 0.180. The van der Waals surface area contributed by atoms with Gasteiger partial charge in [0, 0.05) is 19.3 Å². The highest BCUT2D eigenvalue weighted by atomic mass is 16.1. The Morgan fingerprint density at radius 3 is 2.73 bits per heavy atom. The number of aryl methyl sites for hydroxylation is 1. The van der Waals surface area contributed by atoms with Gasteiger partial charge in [-0.1, -0.05) is 6.92 Å². The first-order valence-electron chi connectivity index (χ1n) is 5.01. The average Bonchev–Trinajstić information content (AvgIpc) is 2.25. The maximum Gasteiger partial charge on any atom is 0.271 e. The van der Waals surface area contributed by atoms with Crippen molar-refractivity contribution in [3.05, 3.63) is 23.8 Å². The summed E-state index contributed by atoms with van der Waals surface area (Å²) >= 11 is 0. The van der Waals surface area contributed by atoms with Crippen molar-refractivity contribution >= 4 is 5.91 Å². The largest absolute Gasteiger partial charge is 0.349 e. The number of carbonyl (C=O) groups excluding carboxylic acids is 1. The molecule has 82 valence electrons. The number of hydrogen-bond donors (Lipinski definition) is 2. The summed E-state index contributed by atoms with van der Waals surface area (Å²) in [7, 11) is 0. The molecule has 0 saturated heterocycles. The average molecular weight is 208 g/mol. The molecule has 0 unspecified atom stereocenters. The molecule has 1 amide bonds. The third kappa shape index (κ3) is 4.03. The van der Waals surface area contributed by atoms with Crippen molar-refractivity contribution in [3.63, 3.8) is 0 Å². The summed E-state index contributed by atoms with van der Waals surface area (Å²) in [5, 5.41) is 5.86. The van der Waals surface area contributed by atoms with E-state index in [0.717, 1.165) is 18.8 Å². The third-order valence-corrected chi connectivity index (χ3v) is 1.85. The van der Waals surface area contributed by atoms with Gasteiger partial charge in [-0.3, -0.25) is 9.78 Å². The molecule has 1 rings (SSSR count). The van der Waals surface area contributed by atoms with E-state index < -0.39 is 0 Å². The number of hydrogen-bond acceptors (Lipinski definition) is 4. The topological polar surface area (TPSA) is 66.9 Å². The van der Waals surface area contributed by atoms with E-state index in [9.17, 15) is 4.79 Å². The van der Waals surface area contributed by atoms with Crippen LogP contribution in [0.25, 0.3) is 0 Å². The minimum Gasteiger partial charge on any atom is -0.349 e. The fourth-order valence-electron chi connectivity index (χ4n) is 1.04. The molecule has 0 radical (unpaired) electrons. The van der Waals surface area contributed by atoms with Gasteiger partial charge in [0.05, 0.1) is 11.9 Å². The standard InChI is InChI=1S/C10H16N4O/c1-3-11-4-5-12-10(15)9-7-13-8(2)6-14-9/h6-7,11H,3-5H2,1-2H3,(H,12,15). The number of amides is 1. The Kier molecular flexibility index (Phi) is 4.70. The van der Waals surface area contributed by atoms with E-state index in [1.54, 1.807) is 6.20 Å². The van der Waals surface area contributed by atoms with Gasteiger partial charge in [-0.05, 0) is 13.5 Å². The molecule has 0 aromatic carbocycles. The zero-order chi connectivity index (χ0) is 11.1. The molecule has 0 fully saturated rings. The molecule has 0 bridgehead atoms. The quantitative estimate of drug-likeness (QED) is 0.675. The van der Waals surface area contributed by atoms with Gasteiger partial charge < -0.3 is 10.6 Å². The van der Waals surface area contributed by atoms with Gasteiger partial charge in [0.15, 0.2) is 0 Å². The van der Waals surface area contributed by atoms with Crippen LogP contribution in [0.2, 0.25) is 0 Å². The van der Waals surface area contributed by atoms with Crippen LogP contribution in [0.4, 0.5) is 0 Å². The molecule has 0 aliphatic heterocycles. The lowest BCUT2D eigenvalue weighted by Crippen LogP contribution is -2.32. The summed E-state index contributed by atoms with van der Waals surface area (Å²) in [5.74, 6) is -0.180. The van der Waals surface area contributed by atoms with Crippen LogP contribution in [-0.4, -0.2) is 35.5 Å². The second kappa shape index (κ2) is 6.08. The van der Waals surface area contributed by atoms with Crippen molar-refractivity contribution in [2.24, 2.45) is 0 Å². The molecule has 5 heteroatoms. The fourth-order valence-corrected chi connectivity index (χ4v) is 1.04. The molecule has 2 N–H and O–H groups in total. The predicted molar refractivity (Wildman–Crippen MR) is 57.6 cm³/mol. The van der Waals surface area contributed by atoms with Gasteiger partial charge in [-0.2, -0.15) is 0 Å². The summed E-state index contributed by atoms with van der Waals surface area (Å²) in [4.78, 5) is 19.5. The Morgan fingerprint density at radius 1 is 1.33 bits per heavy atom. The van der Waals surface area contributed by atoms with Crippen LogP contribution in [0, 0.1) is 6.92 Å². The minimum atomic E-state index is -0.180. The van der Waals surface area contributed by atoms with Crippen LogP contribution in [0.3, 0.4) is 0 Å². The number of nitrogens with zero attached hydrogens (tertiary/aromatic N) is 2. The Morgan fingerprint density at radius 2 is 2.13 bits per heavy atom. The first-order chi connectivity index (χ1) is 7.24. The number of aromatic nitrogens is 2. The molecule has 1 aromatic rings. The van der Waals surface area contributed by atoms with Crippen molar-refractivity contribution in [3.8, 4) is 0 Å². The number of nitrogens with one attached hydrogen (secondary N) is 2. The number of carbonyl (C=O) groups is 1. The summed E-state index contributed by atoms with van der Waals surface area (Å²) in [6.07, 6.45) is 3.07. The van der Waals surface area contributed by atoms with Crippen LogP contribution in [0.1, 0.15) is 23.1 Å². The van der Waals surface area contributed by atoms with Gasteiger partial charge in [0.25, 0.3) is 5.91 Å². The molecule has 0 saturated carbocycles. The lowest BCUT2D eigenvalue weighted by molar-refractivity contribution is 0.0948. The zero-order valence-corrected chi connectivity index (χ0v) is 9.08. The smallest absolute Gasteiger partial charge is 0.271 e. The first-order valence-corrected chi connectivity index (χ1v) is 5.01. The highest BCUT2D eigenvalue weighted by molar-refractivity contribution is 5.91. The first kappa shape index (κ1) is 11.6. The molecule has 0 spiro atoms. The molecular weight excluding hydrogens is 192 g/mol. The Balaban J connectivity index is 2.37. The molecule has 15 heavy (non-hydrogen) atoms. The van der Waals surface area contributed by atoms with Crippen molar-refractivity contribution in [2.45, 2.75) is 13.8 Å². The normalized spacial score (nSPS) is 10.0. The summed E-state index contributed by atoms with van der Waals surface area (Å²) in [6.45, 7) is 6.12. The van der Waals surface area contributed by atoms with Gasteiger partial charge in [0.1, 0.15) is 5.69 Å². The van der Waals surface area contributed by atoms with E-state index in [0.29, 0.717) is 12.2 Å². The Hall–Kier alpha value is -1.49. The lowest BCUT2D eigenvalue weighted by Gasteiger charge is -2.04.